The number of unbranched alkanes of at least 4 members (excludes halogenated alkanes) is 3. The number of rotatable bonds is 9. The average molecular weight is 327 g/mol. The van der Waals surface area contributed by atoms with Gasteiger partial charge < -0.3 is 4.74 Å². The second-order valence-electron chi connectivity index (χ2n) is 6.41. The Hall–Kier alpha value is -2.03. The molecule has 0 aliphatic heterocycles. The number of pyridine rings is 1. The highest BCUT2D eigenvalue weighted by atomic mass is 16.5. The molecule has 1 aromatic carbocycles. The van der Waals surface area contributed by atoms with Crippen molar-refractivity contribution in [3.8, 4) is 11.4 Å². The number of aromatic nitrogens is 1. The molecule has 24 heavy (non-hydrogen) atoms. The summed E-state index contributed by atoms with van der Waals surface area (Å²) < 4.78 is 7.77. The zero-order chi connectivity index (χ0) is 17.4. The molecule has 0 saturated carbocycles. The van der Waals surface area contributed by atoms with Crippen LogP contribution < -0.4 is 10.3 Å². The summed E-state index contributed by atoms with van der Waals surface area (Å²) in [7, 11) is 0. The number of ether oxygens (including phenoxy) is 1. The van der Waals surface area contributed by atoms with Crippen LogP contribution in [-0.4, -0.2) is 10.7 Å². The zero-order valence-electron chi connectivity index (χ0n) is 15.1. The van der Waals surface area contributed by atoms with Gasteiger partial charge in [0.1, 0.15) is 5.75 Å². The van der Waals surface area contributed by atoms with Crippen LogP contribution in [0.15, 0.2) is 47.4 Å². The molecule has 3 heteroatoms. The summed E-state index contributed by atoms with van der Waals surface area (Å²) in [5, 5.41) is 0. The molecule has 0 aliphatic carbocycles. The van der Waals surface area contributed by atoms with Crippen molar-refractivity contribution in [3.05, 3.63) is 58.5 Å². The smallest absolute Gasteiger partial charge is 0.255 e. The molecule has 0 saturated heterocycles. The summed E-state index contributed by atoms with van der Waals surface area (Å²) >= 11 is 0. The van der Waals surface area contributed by atoms with Crippen LogP contribution >= 0.6 is 0 Å². The van der Waals surface area contributed by atoms with E-state index >= 15 is 0 Å². The first-order valence-electron chi connectivity index (χ1n) is 9.10. The van der Waals surface area contributed by atoms with Gasteiger partial charge in [-0.3, -0.25) is 9.36 Å². The van der Waals surface area contributed by atoms with E-state index in [1.54, 1.807) is 10.6 Å². The fourth-order valence-corrected chi connectivity index (χ4v) is 2.82. The maximum atomic E-state index is 12.0. The molecular weight excluding hydrogens is 298 g/mol. The monoisotopic (exact) mass is 327 g/mol. The fourth-order valence-electron chi connectivity index (χ4n) is 2.82. The third-order valence-corrected chi connectivity index (χ3v) is 4.31. The second kappa shape index (κ2) is 9.31. The lowest BCUT2D eigenvalue weighted by atomic mass is 10.1. The molecule has 1 heterocycles. The number of nitrogens with zero attached hydrogens (tertiary/aromatic N) is 1. The minimum atomic E-state index is -0.0170. The van der Waals surface area contributed by atoms with E-state index in [0.29, 0.717) is 0 Å². The van der Waals surface area contributed by atoms with Gasteiger partial charge in [-0.1, -0.05) is 39.2 Å². The summed E-state index contributed by atoms with van der Waals surface area (Å²) in [6, 6.07) is 11.2. The van der Waals surface area contributed by atoms with Crippen LogP contribution in [0.4, 0.5) is 0 Å². The molecule has 0 radical (unpaired) electrons. The van der Waals surface area contributed by atoms with E-state index in [4.69, 9.17) is 4.74 Å². The van der Waals surface area contributed by atoms with Crippen LogP contribution in [0.1, 0.15) is 57.9 Å². The lowest BCUT2D eigenvalue weighted by molar-refractivity contribution is 0.182. The van der Waals surface area contributed by atoms with Crippen LogP contribution in [0, 0.1) is 6.92 Å². The van der Waals surface area contributed by atoms with Crippen molar-refractivity contribution in [3.63, 3.8) is 0 Å². The van der Waals surface area contributed by atoms with E-state index in [0.717, 1.165) is 29.8 Å². The first kappa shape index (κ1) is 18.3. The normalized spacial score (nSPS) is 12.1. The van der Waals surface area contributed by atoms with Crippen molar-refractivity contribution >= 4 is 0 Å². The Kier molecular flexibility index (Phi) is 7.10. The number of hydrogen-bond donors (Lipinski definition) is 0. The first-order valence-corrected chi connectivity index (χ1v) is 9.10. The minimum absolute atomic E-state index is 0.0170. The number of hydrogen-bond acceptors (Lipinski definition) is 2. The molecule has 1 aromatic heterocycles. The topological polar surface area (TPSA) is 31.2 Å². The predicted octanol–water partition coefficient (Wildman–Crippen LogP) is 5.27. The average Bonchev–Trinajstić information content (AvgIpc) is 2.60. The fraction of sp³-hybridized carbons (Fsp3) is 0.476. The molecule has 0 bridgehead atoms. The Balaban J connectivity index is 2.00. The van der Waals surface area contributed by atoms with Crippen molar-refractivity contribution in [1.29, 1.82) is 0 Å². The predicted molar refractivity (Wildman–Crippen MR) is 100 cm³/mol. The van der Waals surface area contributed by atoms with Crippen LogP contribution in [0.3, 0.4) is 0 Å². The lowest BCUT2D eigenvalue weighted by Gasteiger charge is -2.18. The maximum Gasteiger partial charge on any atom is 0.255 e. The lowest BCUT2D eigenvalue weighted by Crippen LogP contribution is -2.17. The Bertz CT molecular complexity index is 673. The summed E-state index contributed by atoms with van der Waals surface area (Å²) in [4.78, 5) is 12.0. The maximum absolute atomic E-state index is 12.0. The molecule has 0 fully saturated rings. The van der Waals surface area contributed by atoms with Crippen molar-refractivity contribution in [1.82, 2.24) is 4.57 Å². The van der Waals surface area contributed by atoms with Crippen molar-refractivity contribution in [2.24, 2.45) is 0 Å². The van der Waals surface area contributed by atoms with Crippen molar-refractivity contribution in [2.75, 3.05) is 0 Å². The molecule has 0 N–H and O–H groups in total. The van der Waals surface area contributed by atoms with Gasteiger partial charge in [-0.15, -0.1) is 0 Å². The van der Waals surface area contributed by atoms with Gasteiger partial charge in [-0.05, 0) is 56.0 Å². The van der Waals surface area contributed by atoms with E-state index < -0.39 is 0 Å². The van der Waals surface area contributed by atoms with Crippen molar-refractivity contribution < 1.29 is 4.74 Å². The Morgan fingerprint density at radius 2 is 1.75 bits per heavy atom. The summed E-state index contributed by atoms with van der Waals surface area (Å²) in [5.74, 6) is 0.877. The van der Waals surface area contributed by atoms with Gasteiger partial charge in [0, 0.05) is 18.0 Å². The van der Waals surface area contributed by atoms with Crippen molar-refractivity contribution in [2.45, 2.75) is 65.4 Å². The third kappa shape index (κ3) is 5.26. The second-order valence-corrected chi connectivity index (χ2v) is 6.41. The summed E-state index contributed by atoms with van der Waals surface area (Å²) in [5.41, 5.74) is 1.91. The highest BCUT2D eigenvalue weighted by Crippen LogP contribution is 2.19. The van der Waals surface area contributed by atoms with Crippen LogP contribution in [-0.2, 0) is 0 Å². The quantitative estimate of drug-likeness (QED) is 0.587. The van der Waals surface area contributed by atoms with Gasteiger partial charge in [0.2, 0.25) is 0 Å². The van der Waals surface area contributed by atoms with Gasteiger partial charge in [-0.25, -0.2) is 0 Å². The van der Waals surface area contributed by atoms with Gasteiger partial charge in [-0.2, -0.15) is 0 Å². The largest absolute Gasteiger partial charge is 0.490 e. The van der Waals surface area contributed by atoms with E-state index in [1.807, 2.05) is 43.5 Å². The molecule has 0 aliphatic rings. The zero-order valence-corrected chi connectivity index (χ0v) is 15.1. The molecule has 2 rings (SSSR count). The molecule has 130 valence electrons. The Morgan fingerprint density at radius 1 is 1.00 bits per heavy atom. The molecule has 1 unspecified atom stereocenters. The summed E-state index contributed by atoms with van der Waals surface area (Å²) in [6.07, 6.45) is 9.33. The van der Waals surface area contributed by atoms with Crippen LogP contribution in [0.25, 0.3) is 5.69 Å². The molecule has 2 aromatic rings. The Labute approximate surface area is 145 Å². The standard InChI is InChI=1S/C21H29NO2/c1-4-6-7-8-9-19(5-2)24-20-13-11-18(12-14-20)22-16-17(3)10-15-21(22)23/h10-16,19H,4-9H2,1-3H3. The van der Waals surface area contributed by atoms with Crippen LogP contribution in [0.5, 0.6) is 5.75 Å². The van der Waals surface area contributed by atoms with E-state index in [9.17, 15) is 4.79 Å². The number of aryl methyl sites for hydroxylation is 1. The van der Waals surface area contributed by atoms with Gasteiger partial charge >= 0.3 is 0 Å². The molecule has 0 spiro atoms. The molecule has 1 atom stereocenters. The van der Waals surface area contributed by atoms with Gasteiger partial charge in [0.25, 0.3) is 5.56 Å². The molecule has 3 nitrogen and oxygen atoms in total. The SMILES string of the molecule is CCCCCCC(CC)Oc1ccc(-n2cc(C)ccc2=O)cc1. The highest BCUT2D eigenvalue weighted by Gasteiger charge is 2.08. The van der Waals surface area contributed by atoms with Crippen LogP contribution in [0.2, 0.25) is 0 Å². The highest BCUT2D eigenvalue weighted by molar-refractivity contribution is 5.38. The molecular formula is C21H29NO2. The number of benzene rings is 1. The van der Waals surface area contributed by atoms with Gasteiger partial charge in [0.15, 0.2) is 0 Å². The van der Waals surface area contributed by atoms with E-state index in [1.165, 1.54) is 25.7 Å². The third-order valence-electron chi connectivity index (χ3n) is 4.31. The Morgan fingerprint density at radius 3 is 2.42 bits per heavy atom. The summed E-state index contributed by atoms with van der Waals surface area (Å²) in [6.45, 7) is 6.39. The first-order chi connectivity index (χ1) is 11.6. The minimum Gasteiger partial charge on any atom is -0.490 e. The van der Waals surface area contributed by atoms with E-state index in [-0.39, 0.29) is 11.7 Å². The van der Waals surface area contributed by atoms with E-state index in [2.05, 4.69) is 13.8 Å². The molecule has 0 amide bonds. The van der Waals surface area contributed by atoms with Gasteiger partial charge in [0.05, 0.1) is 6.10 Å².